The Hall–Kier alpha value is -1.87. The second-order valence-electron chi connectivity index (χ2n) is 5.35. The predicted octanol–water partition coefficient (Wildman–Crippen LogP) is 4.31. The van der Waals surface area contributed by atoms with Gasteiger partial charge in [-0.1, -0.05) is 48.6 Å². The average molecular weight is 297 g/mol. The van der Waals surface area contributed by atoms with E-state index in [2.05, 4.69) is 41.0 Å². The van der Waals surface area contributed by atoms with Gasteiger partial charge in [0.25, 0.3) is 0 Å². The van der Waals surface area contributed by atoms with Crippen LogP contribution < -0.4 is 5.32 Å². The fourth-order valence-electron chi connectivity index (χ4n) is 2.71. The van der Waals surface area contributed by atoms with Crippen molar-refractivity contribution in [1.82, 2.24) is 5.32 Å². The van der Waals surface area contributed by atoms with Crippen LogP contribution in [-0.2, 0) is 4.79 Å². The van der Waals surface area contributed by atoms with Gasteiger partial charge in [0.05, 0.1) is 6.04 Å². The zero-order valence-electron chi connectivity index (χ0n) is 11.9. The summed E-state index contributed by atoms with van der Waals surface area (Å²) in [4.78, 5) is 13.7. The summed E-state index contributed by atoms with van der Waals surface area (Å²) in [6.07, 6.45) is 7.10. The molecule has 0 unspecified atom stereocenters. The molecule has 2 nitrogen and oxygen atoms in total. The first-order valence-corrected chi connectivity index (χ1v) is 8.26. The van der Waals surface area contributed by atoms with Gasteiger partial charge in [0, 0.05) is 10.8 Å². The predicted molar refractivity (Wildman–Crippen MR) is 87.2 cm³/mol. The van der Waals surface area contributed by atoms with Gasteiger partial charge >= 0.3 is 0 Å². The van der Waals surface area contributed by atoms with E-state index in [1.165, 1.54) is 4.88 Å². The topological polar surface area (TPSA) is 29.1 Å². The zero-order chi connectivity index (χ0) is 14.5. The van der Waals surface area contributed by atoms with Gasteiger partial charge in [-0.05, 0) is 36.3 Å². The summed E-state index contributed by atoms with van der Waals surface area (Å²) in [5.74, 6) is 0.280. The summed E-state index contributed by atoms with van der Waals surface area (Å²) in [6.45, 7) is 0. The number of allylic oxidation sites excluding steroid dienone is 2. The molecule has 0 fully saturated rings. The zero-order valence-corrected chi connectivity index (χ0v) is 12.7. The maximum absolute atomic E-state index is 12.5. The normalized spacial score (nSPS) is 19.1. The summed E-state index contributed by atoms with van der Waals surface area (Å²) in [5, 5.41) is 5.30. The van der Waals surface area contributed by atoms with Crippen LogP contribution in [0.3, 0.4) is 0 Å². The summed E-state index contributed by atoms with van der Waals surface area (Å²) in [6, 6.07) is 14.3. The van der Waals surface area contributed by atoms with Crippen molar-refractivity contribution in [3.8, 4) is 0 Å². The molecular formula is C18H19NOS. The summed E-state index contributed by atoms with van der Waals surface area (Å²) < 4.78 is 0. The molecule has 1 N–H and O–H groups in total. The van der Waals surface area contributed by atoms with Crippen molar-refractivity contribution in [2.24, 2.45) is 5.92 Å². The molecule has 21 heavy (non-hydrogen) atoms. The number of hydrogen-bond donors (Lipinski definition) is 1. The SMILES string of the molecule is O=C(N[C@H](c1ccccc1)c1cccs1)[C@@H]1CC=CCC1. The van der Waals surface area contributed by atoms with E-state index in [4.69, 9.17) is 0 Å². The van der Waals surface area contributed by atoms with Crippen LogP contribution in [0.4, 0.5) is 0 Å². The van der Waals surface area contributed by atoms with Crippen molar-refractivity contribution in [3.63, 3.8) is 0 Å². The molecule has 0 bridgehead atoms. The van der Waals surface area contributed by atoms with Crippen molar-refractivity contribution < 1.29 is 4.79 Å². The van der Waals surface area contributed by atoms with Crippen LogP contribution in [0, 0.1) is 5.92 Å². The van der Waals surface area contributed by atoms with Crippen LogP contribution in [0.25, 0.3) is 0 Å². The van der Waals surface area contributed by atoms with Gasteiger partial charge in [0.1, 0.15) is 0 Å². The molecule has 1 heterocycles. The van der Waals surface area contributed by atoms with E-state index in [-0.39, 0.29) is 17.9 Å². The molecule has 108 valence electrons. The lowest BCUT2D eigenvalue weighted by Crippen LogP contribution is -2.34. The molecule has 1 aliphatic rings. The van der Waals surface area contributed by atoms with Crippen molar-refractivity contribution in [2.45, 2.75) is 25.3 Å². The van der Waals surface area contributed by atoms with Gasteiger partial charge in [0.2, 0.25) is 5.91 Å². The van der Waals surface area contributed by atoms with Gasteiger partial charge in [-0.25, -0.2) is 0 Å². The number of hydrogen-bond acceptors (Lipinski definition) is 2. The third kappa shape index (κ3) is 3.42. The van der Waals surface area contributed by atoms with Gasteiger partial charge < -0.3 is 5.32 Å². The van der Waals surface area contributed by atoms with E-state index in [0.717, 1.165) is 24.8 Å². The number of amides is 1. The first-order valence-electron chi connectivity index (χ1n) is 7.38. The Kier molecular flexibility index (Phi) is 4.51. The molecular weight excluding hydrogens is 278 g/mol. The summed E-state index contributed by atoms with van der Waals surface area (Å²) >= 11 is 1.69. The van der Waals surface area contributed by atoms with Crippen LogP contribution in [0.2, 0.25) is 0 Å². The molecule has 0 radical (unpaired) electrons. The fourth-order valence-corrected chi connectivity index (χ4v) is 3.51. The molecule has 1 aromatic heterocycles. The third-order valence-corrected chi connectivity index (χ3v) is 4.82. The largest absolute Gasteiger partial charge is 0.344 e. The van der Waals surface area contributed by atoms with Gasteiger partial charge in [-0.3, -0.25) is 4.79 Å². The molecule has 1 aromatic carbocycles. The first-order chi connectivity index (χ1) is 10.3. The second-order valence-corrected chi connectivity index (χ2v) is 6.33. The Morgan fingerprint density at radius 2 is 2.00 bits per heavy atom. The number of benzene rings is 1. The first kappa shape index (κ1) is 14.1. The van der Waals surface area contributed by atoms with Crippen LogP contribution in [0.5, 0.6) is 0 Å². The lowest BCUT2D eigenvalue weighted by molar-refractivity contribution is -0.125. The lowest BCUT2D eigenvalue weighted by Gasteiger charge is -2.23. The molecule has 2 atom stereocenters. The Balaban J connectivity index is 1.80. The Morgan fingerprint density at radius 1 is 1.14 bits per heavy atom. The second kappa shape index (κ2) is 6.72. The minimum Gasteiger partial charge on any atom is -0.344 e. The van der Waals surface area contributed by atoms with Crippen molar-refractivity contribution in [2.75, 3.05) is 0 Å². The standard InChI is InChI=1S/C18H19NOS/c20-18(15-10-5-2-6-11-15)19-17(16-12-7-13-21-16)14-8-3-1-4-9-14/h1-5,7-9,12-13,15,17H,6,10-11H2,(H,19,20)/t15-,17-/m1/s1. The molecule has 3 rings (SSSR count). The molecule has 1 amide bonds. The number of rotatable bonds is 4. The third-order valence-electron chi connectivity index (χ3n) is 3.89. The average Bonchev–Trinajstić information content (AvgIpc) is 3.08. The van der Waals surface area contributed by atoms with Crippen molar-refractivity contribution in [3.05, 3.63) is 70.4 Å². The summed E-state index contributed by atoms with van der Waals surface area (Å²) in [5.41, 5.74) is 1.14. The van der Waals surface area contributed by atoms with E-state index in [0.29, 0.717) is 0 Å². The van der Waals surface area contributed by atoms with Crippen LogP contribution >= 0.6 is 11.3 Å². The van der Waals surface area contributed by atoms with Crippen LogP contribution in [0.15, 0.2) is 60.0 Å². The Labute approximate surface area is 129 Å². The van der Waals surface area contributed by atoms with E-state index < -0.39 is 0 Å². The van der Waals surface area contributed by atoms with E-state index in [9.17, 15) is 4.79 Å². The smallest absolute Gasteiger partial charge is 0.224 e. The molecule has 0 spiro atoms. The molecule has 0 saturated heterocycles. The lowest BCUT2D eigenvalue weighted by atomic mass is 9.93. The minimum absolute atomic E-state index is 0.0374. The van der Waals surface area contributed by atoms with Gasteiger partial charge in [-0.2, -0.15) is 0 Å². The molecule has 0 saturated carbocycles. The van der Waals surface area contributed by atoms with Crippen molar-refractivity contribution in [1.29, 1.82) is 0 Å². The Bertz CT molecular complexity index is 603. The highest BCUT2D eigenvalue weighted by Gasteiger charge is 2.23. The highest BCUT2D eigenvalue weighted by Crippen LogP contribution is 2.27. The molecule has 3 heteroatoms. The number of carbonyl (C=O) groups is 1. The number of carbonyl (C=O) groups excluding carboxylic acids is 1. The highest BCUT2D eigenvalue weighted by molar-refractivity contribution is 7.10. The van der Waals surface area contributed by atoms with Crippen molar-refractivity contribution >= 4 is 17.2 Å². The fraction of sp³-hybridized carbons (Fsp3) is 0.278. The summed E-state index contributed by atoms with van der Waals surface area (Å²) in [7, 11) is 0. The van der Waals surface area contributed by atoms with Crippen LogP contribution in [-0.4, -0.2) is 5.91 Å². The monoisotopic (exact) mass is 297 g/mol. The quantitative estimate of drug-likeness (QED) is 0.837. The maximum Gasteiger partial charge on any atom is 0.224 e. The molecule has 0 aliphatic heterocycles. The maximum atomic E-state index is 12.5. The van der Waals surface area contributed by atoms with Gasteiger partial charge in [-0.15, -0.1) is 11.3 Å². The molecule has 1 aliphatic carbocycles. The molecule has 2 aromatic rings. The van der Waals surface area contributed by atoms with E-state index >= 15 is 0 Å². The Morgan fingerprint density at radius 3 is 2.67 bits per heavy atom. The highest BCUT2D eigenvalue weighted by atomic mass is 32.1. The van der Waals surface area contributed by atoms with E-state index in [1.54, 1.807) is 11.3 Å². The number of thiophene rings is 1. The van der Waals surface area contributed by atoms with E-state index in [1.807, 2.05) is 24.3 Å². The minimum atomic E-state index is -0.0374. The number of nitrogens with one attached hydrogen (secondary N) is 1. The van der Waals surface area contributed by atoms with Gasteiger partial charge in [0.15, 0.2) is 0 Å². The van der Waals surface area contributed by atoms with Crippen LogP contribution in [0.1, 0.15) is 35.7 Å².